The van der Waals surface area contributed by atoms with Crippen LogP contribution < -0.4 is 4.90 Å². The van der Waals surface area contributed by atoms with Crippen molar-refractivity contribution in [1.29, 1.82) is 0 Å². The molecule has 0 saturated carbocycles. The molecule has 0 bridgehead atoms. The number of carbonyl (C=O) groups is 1. The molecule has 0 unspecified atom stereocenters. The van der Waals surface area contributed by atoms with Crippen LogP contribution in [0.2, 0.25) is 0 Å². The highest BCUT2D eigenvalue weighted by atomic mass is 32.2. The molecule has 0 radical (unpaired) electrons. The highest BCUT2D eigenvalue weighted by Crippen LogP contribution is 2.28. The van der Waals surface area contributed by atoms with E-state index in [-0.39, 0.29) is 11.7 Å². The van der Waals surface area contributed by atoms with Gasteiger partial charge in [0.05, 0.1) is 18.0 Å². The van der Waals surface area contributed by atoms with Gasteiger partial charge >= 0.3 is 0 Å². The van der Waals surface area contributed by atoms with Crippen molar-refractivity contribution in [2.24, 2.45) is 4.99 Å². The van der Waals surface area contributed by atoms with Gasteiger partial charge in [-0.25, -0.2) is 9.38 Å². The van der Waals surface area contributed by atoms with Crippen molar-refractivity contribution in [3.8, 4) is 0 Å². The summed E-state index contributed by atoms with van der Waals surface area (Å²) in [5.41, 5.74) is 1.39. The summed E-state index contributed by atoms with van der Waals surface area (Å²) >= 11 is 6.02. The van der Waals surface area contributed by atoms with E-state index >= 15 is 0 Å². The highest BCUT2D eigenvalue weighted by Gasteiger charge is 2.22. The van der Waals surface area contributed by atoms with Gasteiger partial charge < -0.3 is 12.6 Å². The molecule has 1 saturated heterocycles. The number of nitrogens with one attached hydrogen (secondary N) is 1. The second-order valence-electron chi connectivity index (χ2n) is 4.84. The van der Waals surface area contributed by atoms with E-state index in [9.17, 15) is 9.18 Å². The second kappa shape index (κ2) is 5.63. The maximum atomic E-state index is 14.2. The average Bonchev–Trinajstić information content (AvgIpc) is 3.00. The number of aliphatic imine (C=N–C) groups is 1. The minimum Gasteiger partial charge on any atom is -0.753 e. The van der Waals surface area contributed by atoms with Crippen LogP contribution in [0.4, 0.5) is 10.1 Å². The van der Waals surface area contributed by atoms with Gasteiger partial charge in [0.15, 0.2) is 11.5 Å². The molecule has 6 heteroatoms. The molecule has 0 aromatic heterocycles. The molecule has 1 aromatic carbocycles. The Kier molecular flexibility index (Phi) is 3.87. The van der Waals surface area contributed by atoms with Crippen LogP contribution in [-0.4, -0.2) is 23.4 Å². The Balaban J connectivity index is 1.84. The number of benzene rings is 1. The van der Waals surface area contributed by atoms with Gasteiger partial charge in [-0.3, -0.25) is 9.69 Å². The Morgan fingerprint density at radius 2 is 2.10 bits per heavy atom. The van der Waals surface area contributed by atoms with Crippen molar-refractivity contribution >= 4 is 46.4 Å². The zero-order chi connectivity index (χ0) is 14.1. The van der Waals surface area contributed by atoms with Crippen LogP contribution >= 0.6 is 11.8 Å². The molecule has 1 fully saturated rings. The third kappa shape index (κ3) is 2.77. The molecule has 2 aliphatic rings. The van der Waals surface area contributed by atoms with Crippen molar-refractivity contribution < 1.29 is 14.1 Å². The topological polar surface area (TPSA) is 33.9 Å². The van der Waals surface area contributed by atoms with Gasteiger partial charge in [-0.1, -0.05) is 11.8 Å². The molecule has 2 heterocycles. The monoisotopic (exact) mass is 308 g/mol. The predicted octanol–water partition coefficient (Wildman–Crippen LogP) is 1.65. The number of hydrogen-bond donors (Lipinski definition) is 1. The molecular formula is C14H13FN2OS2. The average molecular weight is 308 g/mol. The lowest BCUT2D eigenvalue weighted by Gasteiger charge is -2.12. The van der Waals surface area contributed by atoms with Crippen molar-refractivity contribution in [2.45, 2.75) is 12.8 Å². The first-order valence-electron chi connectivity index (χ1n) is 6.48. The van der Waals surface area contributed by atoms with E-state index in [0.717, 1.165) is 43.4 Å². The lowest BCUT2D eigenvalue weighted by atomic mass is 10.1. The summed E-state index contributed by atoms with van der Waals surface area (Å²) in [5, 5.41) is 0. The van der Waals surface area contributed by atoms with Crippen LogP contribution in [-0.2, 0) is 17.4 Å². The van der Waals surface area contributed by atoms with Crippen LogP contribution in [0.3, 0.4) is 0 Å². The van der Waals surface area contributed by atoms with Crippen molar-refractivity contribution in [2.75, 3.05) is 13.1 Å². The van der Waals surface area contributed by atoms with Crippen LogP contribution in [0.15, 0.2) is 28.1 Å². The van der Waals surface area contributed by atoms with Gasteiger partial charge in [0.25, 0.3) is 5.91 Å². The molecule has 3 rings (SSSR count). The number of amides is 1. The summed E-state index contributed by atoms with van der Waals surface area (Å²) < 4.78 is 14.5. The van der Waals surface area contributed by atoms with Crippen molar-refractivity contribution in [1.82, 2.24) is 0 Å². The lowest BCUT2D eigenvalue weighted by Crippen LogP contribution is -3.05. The SMILES string of the molecule is O=C1N=C([S-])SC1=Cc1ccc([NH+]2CCCC2)c(F)c1. The smallest absolute Gasteiger partial charge is 0.282 e. The first-order valence-corrected chi connectivity index (χ1v) is 7.70. The van der Waals surface area contributed by atoms with E-state index in [2.05, 4.69) is 4.99 Å². The van der Waals surface area contributed by atoms with E-state index in [0.29, 0.717) is 14.8 Å². The van der Waals surface area contributed by atoms with Gasteiger partial charge in [-0.15, -0.1) is 0 Å². The Morgan fingerprint density at radius 1 is 1.35 bits per heavy atom. The van der Waals surface area contributed by atoms with E-state index < -0.39 is 0 Å². The molecule has 2 aliphatic heterocycles. The molecule has 104 valence electrons. The number of rotatable bonds is 2. The van der Waals surface area contributed by atoms with Gasteiger partial charge in [0.1, 0.15) is 0 Å². The minimum absolute atomic E-state index is 0.216. The normalized spacial score (nSPS) is 21.8. The van der Waals surface area contributed by atoms with Crippen LogP contribution in [0.1, 0.15) is 18.4 Å². The summed E-state index contributed by atoms with van der Waals surface area (Å²) in [5.74, 6) is -0.555. The molecule has 20 heavy (non-hydrogen) atoms. The van der Waals surface area contributed by atoms with E-state index in [1.165, 1.54) is 11.0 Å². The molecule has 1 N–H and O–H groups in total. The summed E-state index contributed by atoms with van der Waals surface area (Å²) in [6.45, 7) is 1.97. The fourth-order valence-electron chi connectivity index (χ4n) is 2.52. The second-order valence-corrected chi connectivity index (χ2v) is 6.52. The zero-order valence-electron chi connectivity index (χ0n) is 10.7. The Morgan fingerprint density at radius 3 is 2.70 bits per heavy atom. The van der Waals surface area contributed by atoms with Gasteiger partial charge in [0, 0.05) is 18.9 Å². The zero-order valence-corrected chi connectivity index (χ0v) is 12.3. The highest BCUT2D eigenvalue weighted by molar-refractivity contribution is 8.30. The minimum atomic E-state index is -0.338. The first kappa shape index (κ1) is 13.7. The number of hydrogen-bond acceptors (Lipinski definition) is 3. The maximum Gasteiger partial charge on any atom is 0.282 e. The Hall–Kier alpha value is -1.24. The summed E-state index contributed by atoms with van der Waals surface area (Å²) in [7, 11) is 0. The molecule has 0 atom stereocenters. The van der Waals surface area contributed by atoms with Gasteiger partial charge in [-0.2, -0.15) is 0 Å². The Labute approximate surface area is 126 Å². The fraction of sp³-hybridized carbons (Fsp3) is 0.286. The number of nitrogens with zero attached hydrogens (tertiary/aromatic N) is 1. The summed E-state index contributed by atoms with van der Waals surface area (Å²) in [6.07, 6.45) is 3.93. The van der Waals surface area contributed by atoms with Crippen LogP contribution in [0.5, 0.6) is 0 Å². The van der Waals surface area contributed by atoms with Crippen LogP contribution in [0, 0.1) is 5.82 Å². The van der Waals surface area contributed by atoms with E-state index in [1.807, 2.05) is 12.1 Å². The molecule has 0 aliphatic carbocycles. The molecule has 1 aromatic rings. The molecule has 3 nitrogen and oxygen atoms in total. The lowest BCUT2D eigenvalue weighted by molar-refractivity contribution is -0.819. The number of halogens is 1. The standard InChI is InChI=1S/C14H13FN2OS2/c15-10-7-9(8-12-13(18)16-14(19)20-12)3-4-11(10)17-5-1-2-6-17/h3-4,7-8H,1-2,5-6H2,(H,16,18,19). The molecule has 1 amide bonds. The fourth-order valence-corrected chi connectivity index (χ4v) is 3.52. The first-order chi connectivity index (χ1) is 9.63. The number of thioether (sulfide) groups is 1. The number of quaternary nitrogens is 1. The molecule has 0 spiro atoms. The Bertz CT molecular complexity index is 622. The number of carbonyl (C=O) groups excluding carboxylic acids is 1. The largest absolute Gasteiger partial charge is 0.753 e. The van der Waals surface area contributed by atoms with Gasteiger partial charge in [-0.05, 0) is 28.1 Å². The molecular weight excluding hydrogens is 295 g/mol. The van der Waals surface area contributed by atoms with Crippen molar-refractivity contribution in [3.05, 3.63) is 34.5 Å². The maximum absolute atomic E-state index is 14.2. The summed E-state index contributed by atoms with van der Waals surface area (Å²) in [4.78, 5) is 16.8. The van der Waals surface area contributed by atoms with E-state index in [1.54, 1.807) is 6.08 Å². The third-order valence-electron chi connectivity index (χ3n) is 3.48. The van der Waals surface area contributed by atoms with Crippen LogP contribution in [0.25, 0.3) is 6.08 Å². The summed E-state index contributed by atoms with van der Waals surface area (Å²) in [6, 6.07) is 5.12. The quantitative estimate of drug-likeness (QED) is 0.666. The van der Waals surface area contributed by atoms with Crippen molar-refractivity contribution in [3.63, 3.8) is 0 Å². The van der Waals surface area contributed by atoms with Gasteiger partial charge in [0.2, 0.25) is 0 Å². The predicted molar refractivity (Wildman–Crippen MR) is 81.4 cm³/mol. The third-order valence-corrected chi connectivity index (χ3v) is 4.60. The van der Waals surface area contributed by atoms with E-state index in [4.69, 9.17) is 12.6 Å².